The molecule has 96 valence electrons. The summed E-state index contributed by atoms with van der Waals surface area (Å²) in [5, 5.41) is 3.56. The van der Waals surface area contributed by atoms with Crippen LogP contribution in [0.3, 0.4) is 0 Å². The Morgan fingerprint density at radius 1 is 1.33 bits per heavy atom. The van der Waals surface area contributed by atoms with Crippen LogP contribution in [0.2, 0.25) is 0 Å². The van der Waals surface area contributed by atoms with Gasteiger partial charge in [-0.15, -0.1) is 0 Å². The van der Waals surface area contributed by atoms with E-state index in [0.29, 0.717) is 6.04 Å². The van der Waals surface area contributed by atoms with Gasteiger partial charge in [-0.05, 0) is 78.3 Å². The van der Waals surface area contributed by atoms with E-state index in [1.807, 2.05) is 6.07 Å². The van der Waals surface area contributed by atoms with Crippen LogP contribution in [0, 0.1) is 27.1 Å². The van der Waals surface area contributed by atoms with E-state index in [-0.39, 0.29) is 5.82 Å². The average molecular weight is 357 g/mol. The zero-order valence-corrected chi connectivity index (χ0v) is 12.5. The fraction of sp³-hybridized carbons (Fsp3) is 0.467. The summed E-state index contributed by atoms with van der Waals surface area (Å²) >= 11 is 2.19. The minimum absolute atomic E-state index is 0.166. The van der Waals surface area contributed by atoms with Crippen LogP contribution in [0.5, 0.6) is 0 Å². The van der Waals surface area contributed by atoms with Gasteiger partial charge in [-0.25, -0.2) is 4.39 Å². The van der Waals surface area contributed by atoms with Gasteiger partial charge in [0.25, 0.3) is 0 Å². The molecule has 0 aromatic heterocycles. The molecule has 1 N–H and O–H groups in total. The second-order valence-electron chi connectivity index (χ2n) is 5.50. The third kappa shape index (κ3) is 2.29. The Bertz CT molecular complexity index is 485. The first-order valence-corrected chi connectivity index (χ1v) is 7.61. The van der Waals surface area contributed by atoms with Crippen LogP contribution in [-0.2, 0) is 0 Å². The van der Waals surface area contributed by atoms with Crippen LogP contribution < -0.4 is 5.32 Å². The molecule has 18 heavy (non-hydrogen) atoms. The molecule has 1 aromatic carbocycles. The maximum atomic E-state index is 13.1. The first-order valence-electron chi connectivity index (χ1n) is 6.53. The second kappa shape index (κ2) is 4.83. The molecule has 0 spiro atoms. The van der Waals surface area contributed by atoms with E-state index in [4.69, 9.17) is 0 Å². The summed E-state index contributed by atoms with van der Waals surface area (Å²) in [4.78, 5) is 0. The van der Waals surface area contributed by atoms with Crippen LogP contribution in [0.25, 0.3) is 0 Å². The Kier molecular flexibility index (Phi) is 3.34. The van der Waals surface area contributed by atoms with Crippen molar-refractivity contribution in [1.82, 2.24) is 0 Å². The number of allylic oxidation sites excluding steroid dienone is 2. The molecule has 4 unspecified atom stereocenters. The SMILES string of the molecule is CC(Nc1ccc(F)cc1I)C1CC2C=CC1C2. The number of anilines is 1. The number of rotatable bonds is 3. The molecule has 3 rings (SSSR count). The summed E-state index contributed by atoms with van der Waals surface area (Å²) in [6, 6.07) is 5.40. The Balaban J connectivity index is 1.71. The van der Waals surface area contributed by atoms with E-state index in [2.05, 4.69) is 47.0 Å². The molecule has 0 aliphatic heterocycles. The van der Waals surface area contributed by atoms with Crippen molar-refractivity contribution in [2.24, 2.45) is 17.8 Å². The molecule has 1 fully saturated rings. The third-order valence-electron chi connectivity index (χ3n) is 4.29. The molecule has 4 atom stereocenters. The highest BCUT2D eigenvalue weighted by atomic mass is 127. The monoisotopic (exact) mass is 357 g/mol. The Hall–Kier alpha value is -0.580. The van der Waals surface area contributed by atoms with Gasteiger partial charge >= 0.3 is 0 Å². The Labute approximate surface area is 121 Å². The van der Waals surface area contributed by atoms with Crippen LogP contribution >= 0.6 is 22.6 Å². The second-order valence-corrected chi connectivity index (χ2v) is 6.66. The molecule has 2 bridgehead atoms. The smallest absolute Gasteiger partial charge is 0.124 e. The van der Waals surface area contributed by atoms with Crippen molar-refractivity contribution in [3.63, 3.8) is 0 Å². The normalized spacial score (nSPS) is 30.7. The summed E-state index contributed by atoms with van der Waals surface area (Å²) in [6.45, 7) is 2.25. The molecular weight excluding hydrogens is 340 g/mol. The van der Waals surface area contributed by atoms with E-state index >= 15 is 0 Å². The zero-order chi connectivity index (χ0) is 12.7. The first-order chi connectivity index (χ1) is 8.63. The minimum atomic E-state index is -0.166. The summed E-state index contributed by atoms with van der Waals surface area (Å²) < 4.78 is 14.0. The average Bonchev–Trinajstić information content (AvgIpc) is 2.94. The first kappa shape index (κ1) is 12.5. The fourth-order valence-electron chi connectivity index (χ4n) is 3.36. The molecule has 2 aliphatic carbocycles. The predicted octanol–water partition coefficient (Wildman–Crippen LogP) is 4.44. The number of fused-ring (bicyclic) bond motifs is 2. The lowest BCUT2D eigenvalue weighted by atomic mass is 9.87. The van der Waals surface area contributed by atoms with Crippen molar-refractivity contribution >= 4 is 28.3 Å². The Morgan fingerprint density at radius 2 is 2.17 bits per heavy atom. The van der Waals surface area contributed by atoms with Crippen molar-refractivity contribution in [2.75, 3.05) is 5.32 Å². The van der Waals surface area contributed by atoms with Crippen LogP contribution in [0.1, 0.15) is 19.8 Å². The van der Waals surface area contributed by atoms with Crippen molar-refractivity contribution in [2.45, 2.75) is 25.8 Å². The third-order valence-corrected chi connectivity index (χ3v) is 5.18. The van der Waals surface area contributed by atoms with Gasteiger partial charge in [0, 0.05) is 15.3 Å². The highest BCUT2D eigenvalue weighted by Gasteiger charge is 2.38. The van der Waals surface area contributed by atoms with Gasteiger partial charge in [-0.2, -0.15) is 0 Å². The van der Waals surface area contributed by atoms with Crippen LogP contribution in [0.15, 0.2) is 30.4 Å². The molecule has 2 aliphatic rings. The summed E-state index contributed by atoms with van der Waals surface area (Å²) in [7, 11) is 0. The fourth-order valence-corrected chi connectivity index (χ4v) is 3.99. The van der Waals surface area contributed by atoms with Gasteiger partial charge in [0.1, 0.15) is 5.82 Å². The van der Waals surface area contributed by atoms with Crippen LogP contribution in [0.4, 0.5) is 10.1 Å². The molecule has 0 heterocycles. The van der Waals surface area contributed by atoms with E-state index in [1.54, 1.807) is 6.07 Å². The standard InChI is InChI=1S/C15H17FIN/c1-9(13-7-10-2-3-11(13)6-10)18-15-5-4-12(16)8-14(15)17/h2-5,8-11,13,18H,6-7H2,1H3. The van der Waals surface area contributed by atoms with Crippen molar-refractivity contribution in [3.05, 3.63) is 39.7 Å². The molecule has 3 heteroatoms. The lowest BCUT2D eigenvalue weighted by Gasteiger charge is -2.27. The number of halogens is 2. The van der Waals surface area contributed by atoms with Gasteiger partial charge in [0.05, 0.1) is 0 Å². The summed E-state index contributed by atoms with van der Waals surface area (Å²) in [5.74, 6) is 2.11. The van der Waals surface area contributed by atoms with Gasteiger partial charge in [0.2, 0.25) is 0 Å². The maximum Gasteiger partial charge on any atom is 0.124 e. The van der Waals surface area contributed by atoms with Crippen molar-refractivity contribution < 1.29 is 4.39 Å². The number of hydrogen-bond acceptors (Lipinski definition) is 1. The van der Waals surface area contributed by atoms with Crippen LogP contribution in [-0.4, -0.2) is 6.04 Å². The molecule has 1 saturated carbocycles. The van der Waals surface area contributed by atoms with Gasteiger partial charge in [0.15, 0.2) is 0 Å². The minimum Gasteiger partial charge on any atom is -0.381 e. The number of hydrogen-bond donors (Lipinski definition) is 1. The largest absolute Gasteiger partial charge is 0.381 e. The van der Waals surface area contributed by atoms with Crippen molar-refractivity contribution in [3.8, 4) is 0 Å². The van der Waals surface area contributed by atoms with Gasteiger partial charge in [-0.3, -0.25) is 0 Å². The highest BCUT2D eigenvalue weighted by molar-refractivity contribution is 14.1. The molecule has 1 nitrogen and oxygen atoms in total. The summed E-state index contributed by atoms with van der Waals surface area (Å²) in [6.07, 6.45) is 7.38. The molecule has 0 amide bonds. The molecule has 0 radical (unpaired) electrons. The quantitative estimate of drug-likeness (QED) is 0.623. The highest BCUT2D eigenvalue weighted by Crippen LogP contribution is 2.45. The van der Waals surface area contributed by atoms with E-state index in [9.17, 15) is 4.39 Å². The lowest BCUT2D eigenvalue weighted by molar-refractivity contribution is 0.399. The molecule has 0 saturated heterocycles. The Morgan fingerprint density at radius 3 is 2.78 bits per heavy atom. The molecular formula is C15H17FIN. The zero-order valence-electron chi connectivity index (χ0n) is 10.4. The van der Waals surface area contributed by atoms with E-state index in [0.717, 1.165) is 27.0 Å². The number of nitrogens with one attached hydrogen (secondary N) is 1. The lowest BCUT2D eigenvalue weighted by Crippen LogP contribution is -2.29. The molecule has 1 aromatic rings. The number of benzene rings is 1. The summed E-state index contributed by atoms with van der Waals surface area (Å²) in [5.41, 5.74) is 1.05. The maximum absolute atomic E-state index is 13.1. The predicted molar refractivity (Wildman–Crippen MR) is 81.0 cm³/mol. The topological polar surface area (TPSA) is 12.0 Å². The van der Waals surface area contributed by atoms with E-state index < -0.39 is 0 Å². The van der Waals surface area contributed by atoms with Crippen molar-refractivity contribution in [1.29, 1.82) is 0 Å². The van der Waals surface area contributed by atoms with Gasteiger partial charge < -0.3 is 5.32 Å². The van der Waals surface area contributed by atoms with E-state index in [1.165, 1.54) is 18.9 Å². The van der Waals surface area contributed by atoms with Gasteiger partial charge in [-0.1, -0.05) is 12.2 Å².